The Morgan fingerprint density at radius 3 is 2.61 bits per heavy atom. The van der Waals surface area contributed by atoms with Crippen LogP contribution in [0.15, 0.2) is 64.2 Å². The third kappa shape index (κ3) is 5.10. The summed E-state index contributed by atoms with van der Waals surface area (Å²) >= 11 is 1.34. The van der Waals surface area contributed by atoms with E-state index in [1.54, 1.807) is 0 Å². The van der Waals surface area contributed by atoms with Crippen molar-refractivity contribution in [2.75, 3.05) is 17.7 Å². The van der Waals surface area contributed by atoms with Crippen molar-refractivity contribution in [1.82, 2.24) is 25.1 Å². The van der Waals surface area contributed by atoms with E-state index in [0.717, 1.165) is 11.3 Å². The summed E-state index contributed by atoms with van der Waals surface area (Å²) in [6.45, 7) is 4.41. The Morgan fingerprint density at radius 2 is 1.81 bits per heavy atom. The molecule has 0 radical (unpaired) electrons. The van der Waals surface area contributed by atoms with E-state index in [1.165, 1.54) is 11.8 Å². The molecule has 4 rings (SSSR count). The Kier molecular flexibility index (Phi) is 6.27. The summed E-state index contributed by atoms with van der Waals surface area (Å²) in [6.07, 6.45) is 0. The van der Waals surface area contributed by atoms with Gasteiger partial charge in [0.2, 0.25) is 11.9 Å². The molecule has 0 amide bonds. The minimum absolute atomic E-state index is 0.132. The normalized spacial score (nSPS) is 11.8. The number of nitrogens with one attached hydrogen (secondary N) is 1. The second-order valence-electron chi connectivity index (χ2n) is 6.43. The molecule has 2 aromatic heterocycles. The Balaban J connectivity index is 1.51. The van der Waals surface area contributed by atoms with E-state index in [0.29, 0.717) is 35.2 Å². The molecular weight excluding hydrogens is 414 g/mol. The highest BCUT2D eigenvalue weighted by Gasteiger charge is 2.19. The molecule has 0 spiro atoms. The second kappa shape index (κ2) is 9.43. The predicted molar refractivity (Wildman–Crippen MR) is 119 cm³/mol. The van der Waals surface area contributed by atoms with E-state index >= 15 is 0 Å². The summed E-state index contributed by atoms with van der Waals surface area (Å²) in [6, 6.07) is 17.1. The highest BCUT2D eigenvalue weighted by atomic mass is 32.2. The number of ether oxygens (including phenoxy) is 1. The molecule has 0 saturated heterocycles. The standard InChI is InChI=1S/C21H21N7O2S/c1-3-29-16-12-8-7-11-15(16)18-27-28-21(30-18)31-13(2)17-24-19(22)26-20(25-17)23-14-9-5-4-6-10-14/h4-13H,3H2,1-2H3,(H3,22,23,24,25,26)/t13-/m1/s1. The summed E-state index contributed by atoms with van der Waals surface area (Å²) in [7, 11) is 0. The van der Waals surface area contributed by atoms with Crippen LogP contribution in [0.4, 0.5) is 17.6 Å². The number of anilines is 3. The fourth-order valence-corrected chi connectivity index (χ4v) is 3.52. The predicted octanol–water partition coefficient (Wildman–Crippen LogP) is 4.50. The molecule has 3 N–H and O–H groups in total. The Hall–Kier alpha value is -3.66. The molecule has 0 bridgehead atoms. The molecule has 31 heavy (non-hydrogen) atoms. The number of thioether (sulfide) groups is 1. The van der Waals surface area contributed by atoms with Gasteiger partial charge in [0, 0.05) is 5.69 Å². The van der Waals surface area contributed by atoms with Crippen LogP contribution in [-0.4, -0.2) is 31.8 Å². The molecule has 10 heteroatoms. The number of nitrogens with two attached hydrogens (primary N) is 1. The fourth-order valence-electron chi connectivity index (χ4n) is 2.79. The Bertz CT molecular complexity index is 1150. The van der Waals surface area contributed by atoms with Crippen LogP contribution < -0.4 is 15.8 Å². The van der Waals surface area contributed by atoms with Gasteiger partial charge in [0.05, 0.1) is 17.4 Å². The number of benzene rings is 2. The summed E-state index contributed by atoms with van der Waals surface area (Å²) in [4.78, 5) is 12.9. The van der Waals surface area contributed by atoms with E-state index in [9.17, 15) is 0 Å². The molecule has 2 aromatic carbocycles. The molecule has 0 unspecified atom stereocenters. The van der Waals surface area contributed by atoms with Crippen molar-refractivity contribution in [3.05, 3.63) is 60.4 Å². The molecule has 1 atom stereocenters. The van der Waals surface area contributed by atoms with Crippen molar-refractivity contribution in [1.29, 1.82) is 0 Å². The second-order valence-corrected chi connectivity index (χ2v) is 7.72. The summed E-state index contributed by atoms with van der Waals surface area (Å²) < 4.78 is 11.5. The lowest BCUT2D eigenvalue weighted by atomic mass is 10.2. The van der Waals surface area contributed by atoms with E-state index in [2.05, 4.69) is 30.5 Å². The molecule has 0 saturated carbocycles. The lowest BCUT2D eigenvalue weighted by Gasteiger charge is -2.10. The van der Waals surface area contributed by atoms with Crippen molar-refractivity contribution < 1.29 is 9.15 Å². The third-order valence-electron chi connectivity index (χ3n) is 4.16. The maximum Gasteiger partial charge on any atom is 0.277 e. The zero-order valence-electron chi connectivity index (χ0n) is 17.0. The van der Waals surface area contributed by atoms with Gasteiger partial charge in [0.1, 0.15) is 11.6 Å². The number of nitrogens with zero attached hydrogens (tertiary/aromatic N) is 5. The van der Waals surface area contributed by atoms with Gasteiger partial charge in [-0.05, 0) is 38.1 Å². The number of nitrogen functional groups attached to an aromatic ring is 1. The highest BCUT2D eigenvalue weighted by Crippen LogP contribution is 2.36. The number of rotatable bonds is 8. The monoisotopic (exact) mass is 435 g/mol. The third-order valence-corrected chi connectivity index (χ3v) is 5.10. The maximum absolute atomic E-state index is 5.89. The van der Waals surface area contributed by atoms with Crippen LogP contribution in [-0.2, 0) is 0 Å². The van der Waals surface area contributed by atoms with Crippen LogP contribution >= 0.6 is 11.8 Å². The largest absolute Gasteiger partial charge is 0.493 e. The zero-order valence-corrected chi connectivity index (χ0v) is 17.8. The van der Waals surface area contributed by atoms with Crippen molar-refractivity contribution in [3.8, 4) is 17.2 Å². The van der Waals surface area contributed by atoms with Crippen LogP contribution in [0.25, 0.3) is 11.5 Å². The molecular formula is C21H21N7O2S. The van der Waals surface area contributed by atoms with Crippen molar-refractivity contribution in [2.45, 2.75) is 24.3 Å². The van der Waals surface area contributed by atoms with Gasteiger partial charge in [-0.15, -0.1) is 10.2 Å². The molecule has 0 aliphatic rings. The highest BCUT2D eigenvalue weighted by molar-refractivity contribution is 7.99. The molecule has 0 fully saturated rings. The van der Waals surface area contributed by atoms with Crippen LogP contribution in [0.5, 0.6) is 5.75 Å². The summed E-state index contributed by atoms with van der Waals surface area (Å²) in [5.74, 6) is 2.09. The minimum atomic E-state index is -0.197. The SMILES string of the molecule is CCOc1ccccc1-c1nnc(S[C@H](C)c2nc(N)nc(Nc3ccccc3)n2)o1. The van der Waals surface area contributed by atoms with Crippen molar-refractivity contribution in [2.24, 2.45) is 0 Å². The van der Waals surface area contributed by atoms with E-state index in [1.807, 2.05) is 68.4 Å². The molecule has 4 aromatic rings. The zero-order chi connectivity index (χ0) is 21.6. The first-order valence-corrected chi connectivity index (χ1v) is 10.6. The van der Waals surface area contributed by atoms with Crippen LogP contribution in [0.2, 0.25) is 0 Å². The molecule has 9 nitrogen and oxygen atoms in total. The average molecular weight is 436 g/mol. The van der Waals surface area contributed by atoms with Crippen molar-refractivity contribution >= 4 is 29.3 Å². The number of para-hydroxylation sites is 2. The van der Waals surface area contributed by atoms with Crippen LogP contribution in [0.1, 0.15) is 24.9 Å². The lowest BCUT2D eigenvalue weighted by Crippen LogP contribution is -2.08. The summed E-state index contributed by atoms with van der Waals surface area (Å²) in [5, 5.41) is 11.6. The maximum atomic E-state index is 5.89. The Labute approximate surface area is 183 Å². The lowest BCUT2D eigenvalue weighted by molar-refractivity contribution is 0.340. The molecule has 0 aliphatic carbocycles. The first-order chi connectivity index (χ1) is 15.1. The van der Waals surface area contributed by atoms with Crippen LogP contribution in [0, 0.1) is 0 Å². The van der Waals surface area contributed by atoms with Gasteiger partial charge in [0.25, 0.3) is 11.1 Å². The quantitative estimate of drug-likeness (QED) is 0.382. The van der Waals surface area contributed by atoms with Crippen molar-refractivity contribution in [3.63, 3.8) is 0 Å². The average Bonchev–Trinajstić information content (AvgIpc) is 3.23. The molecule has 158 valence electrons. The van der Waals surface area contributed by atoms with E-state index in [4.69, 9.17) is 14.9 Å². The van der Waals surface area contributed by atoms with Gasteiger partial charge >= 0.3 is 0 Å². The summed E-state index contributed by atoms with van der Waals surface area (Å²) in [5.41, 5.74) is 7.49. The first kappa shape index (κ1) is 20.6. The van der Waals surface area contributed by atoms with Gasteiger partial charge in [-0.3, -0.25) is 0 Å². The molecule has 0 aliphatic heterocycles. The van der Waals surface area contributed by atoms with Gasteiger partial charge in [-0.25, -0.2) is 0 Å². The van der Waals surface area contributed by atoms with Crippen LogP contribution in [0.3, 0.4) is 0 Å². The van der Waals surface area contributed by atoms with Gasteiger partial charge in [-0.2, -0.15) is 15.0 Å². The molecule has 2 heterocycles. The van der Waals surface area contributed by atoms with Gasteiger partial charge in [-0.1, -0.05) is 42.1 Å². The minimum Gasteiger partial charge on any atom is -0.493 e. The number of aromatic nitrogens is 5. The Morgan fingerprint density at radius 1 is 1.03 bits per heavy atom. The fraction of sp³-hybridized carbons (Fsp3) is 0.190. The van der Waals surface area contributed by atoms with Gasteiger partial charge < -0.3 is 20.2 Å². The van der Waals surface area contributed by atoms with Gasteiger partial charge in [0.15, 0.2) is 0 Å². The smallest absolute Gasteiger partial charge is 0.277 e. The number of hydrogen-bond donors (Lipinski definition) is 2. The topological polar surface area (TPSA) is 125 Å². The van der Waals surface area contributed by atoms with E-state index in [-0.39, 0.29) is 11.2 Å². The first-order valence-electron chi connectivity index (χ1n) is 9.68. The van der Waals surface area contributed by atoms with E-state index < -0.39 is 0 Å². The number of hydrogen-bond acceptors (Lipinski definition) is 10.